The minimum atomic E-state index is 0.843. The van der Waals surface area contributed by atoms with Gasteiger partial charge in [-0.25, -0.2) is 0 Å². The van der Waals surface area contributed by atoms with Crippen molar-refractivity contribution in [1.82, 2.24) is 10.6 Å². The highest BCUT2D eigenvalue weighted by molar-refractivity contribution is 5.80. The lowest BCUT2D eigenvalue weighted by Crippen LogP contribution is -2.27. The maximum absolute atomic E-state index is 5.46. The molecule has 15 heavy (non-hydrogen) atoms. The van der Waals surface area contributed by atoms with Gasteiger partial charge in [0.15, 0.2) is 0 Å². The number of fused-ring (bicyclic) bond motifs is 1. The van der Waals surface area contributed by atoms with Gasteiger partial charge in [-0.3, -0.25) is 0 Å². The van der Waals surface area contributed by atoms with E-state index in [0.717, 1.165) is 25.2 Å². The minimum absolute atomic E-state index is 0.843. The third-order valence-electron chi connectivity index (χ3n) is 2.43. The summed E-state index contributed by atoms with van der Waals surface area (Å²) in [6.07, 6.45) is 2.85. The monoisotopic (exact) mass is 204 g/mol. The zero-order valence-electron chi connectivity index (χ0n) is 8.92. The largest absolute Gasteiger partial charge is 0.464 e. The normalized spacial score (nSPS) is 11.0. The Morgan fingerprint density at radius 1 is 1.27 bits per heavy atom. The lowest BCUT2D eigenvalue weighted by atomic mass is 10.1. The summed E-state index contributed by atoms with van der Waals surface area (Å²) in [6, 6.07) is 8.14. The molecule has 80 valence electrons. The van der Waals surface area contributed by atoms with Crippen LogP contribution >= 0.6 is 0 Å². The van der Waals surface area contributed by atoms with E-state index in [1.54, 1.807) is 0 Å². The van der Waals surface area contributed by atoms with Crippen LogP contribution in [0.4, 0.5) is 0 Å². The first-order chi connectivity index (χ1) is 7.42. The molecule has 0 atom stereocenters. The van der Waals surface area contributed by atoms with E-state index in [1.165, 1.54) is 10.9 Å². The molecule has 3 heteroatoms. The van der Waals surface area contributed by atoms with Gasteiger partial charge in [0.2, 0.25) is 0 Å². The van der Waals surface area contributed by atoms with Crippen LogP contribution in [-0.2, 0) is 6.42 Å². The summed E-state index contributed by atoms with van der Waals surface area (Å²) in [6.45, 7) is 1.81. The maximum Gasteiger partial charge on any atom is 0.134 e. The highest BCUT2D eigenvalue weighted by Crippen LogP contribution is 2.20. The van der Waals surface area contributed by atoms with E-state index in [1.807, 2.05) is 31.5 Å². The van der Waals surface area contributed by atoms with Crippen molar-refractivity contribution in [3.63, 3.8) is 0 Å². The summed E-state index contributed by atoms with van der Waals surface area (Å²) in [5.41, 5.74) is 2.25. The van der Waals surface area contributed by atoms with E-state index in [4.69, 9.17) is 4.42 Å². The Bertz CT molecular complexity index is 422. The second-order valence-electron chi connectivity index (χ2n) is 3.54. The quantitative estimate of drug-likeness (QED) is 0.575. The van der Waals surface area contributed by atoms with Gasteiger partial charge in [-0.2, -0.15) is 0 Å². The summed E-state index contributed by atoms with van der Waals surface area (Å²) in [5.74, 6) is 0. The summed E-state index contributed by atoms with van der Waals surface area (Å²) in [5, 5.41) is 7.56. The van der Waals surface area contributed by atoms with E-state index < -0.39 is 0 Å². The standard InChI is InChI=1S/C12H16N2O/c1-13-9-14-7-6-10-8-15-12-5-3-2-4-11(10)12/h2-5,8,13-14H,6-7,9H2,1H3. The van der Waals surface area contributed by atoms with Crippen LogP contribution in [0.2, 0.25) is 0 Å². The zero-order valence-corrected chi connectivity index (χ0v) is 8.92. The van der Waals surface area contributed by atoms with Crippen molar-refractivity contribution in [1.29, 1.82) is 0 Å². The van der Waals surface area contributed by atoms with E-state index in [0.29, 0.717) is 0 Å². The lowest BCUT2D eigenvalue weighted by Gasteiger charge is -2.01. The Morgan fingerprint density at radius 3 is 3.00 bits per heavy atom. The van der Waals surface area contributed by atoms with Crippen molar-refractivity contribution in [2.75, 3.05) is 20.3 Å². The molecule has 1 heterocycles. The molecular weight excluding hydrogens is 188 g/mol. The van der Waals surface area contributed by atoms with Crippen LogP contribution in [-0.4, -0.2) is 20.3 Å². The second kappa shape index (κ2) is 4.96. The van der Waals surface area contributed by atoms with Crippen LogP contribution in [0.25, 0.3) is 11.0 Å². The summed E-state index contributed by atoms with van der Waals surface area (Å²) < 4.78 is 5.46. The van der Waals surface area contributed by atoms with Gasteiger partial charge in [-0.1, -0.05) is 18.2 Å². The number of hydrogen-bond acceptors (Lipinski definition) is 3. The van der Waals surface area contributed by atoms with E-state index >= 15 is 0 Å². The molecule has 0 aliphatic carbocycles. The number of furan rings is 1. The average molecular weight is 204 g/mol. The van der Waals surface area contributed by atoms with E-state index in [-0.39, 0.29) is 0 Å². The van der Waals surface area contributed by atoms with Crippen LogP contribution in [0.1, 0.15) is 5.56 Å². The van der Waals surface area contributed by atoms with Gasteiger partial charge in [-0.15, -0.1) is 0 Å². The molecule has 0 saturated carbocycles. The fourth-order valence-corrected chi connectivity index (χ4v) is 1.66. The molecule has 0 amide bonds. The molecule has 0 fully saturated rings. The predicted molar refractivity (Wildman–Crippen MR) is 61.8 cm³/mol. The van der Waals surface area contributed by atoms with E-state index in [9.17, 15) is 0 Å². The molecule has 0 spiro atoms. The maximum atomic E-state index is 5.46. The highest BCUT2D eigenvalue weighted by Gasteiger charge is 2.03. The molecule has 0 unspecified atom stereocenters. The number of nitrogens with one attached hydrogen (secondary N) is 2. The Labute approximate surface area is 89.5 Å². The Hall–Kier alpha value is -1.32. The average Bonchev–Trinajstić information content (AvgIpc) is 2.68. The van der Waals surface area contributed by atoms with Crippen molar-refractivity contribution < 1.29 is 4.42 Å². The summed E-state index contributed by atoms with van der Waals surface area (Å²) in [4.78, 5) is 0. The number of hydrogen-bond donors (Lipinski definition) is 2. The number of para-hydroxylation sites is 1. The molecule has 0 radical (unpaired) electrons. The molecule has 2 aromatic rings. The molecular formula is C12H16N2O. The molecule has 3 nitrogen and oxygen atoms in total. The smallest absolute Gasteiger partial charge is 0.134 e. The van der Waals surface area contributed by atoms with Crippen molar-refractivity contribution in [2.24, 2.45) is 0 Å². The van der Waals surface area contributed by atoms with Crippen molar-refractivity contribution in [3.05, 3.63) is 36.1 Å². The fraction of sp³-hybridized carbons (Fsp3) is 0.333. The molecule has 1 aromatic carbocycles. The van der Waals surface area contributed by atoms with Crippen LogP contribution in [0, 0.1) is 0 Å². The van der Waals surface area contributed by atoms with Gasteiger partial charge in [0, 0.05) is 18.6 Å². The molecule has 0 bridgehead atoms. The third kappa shape index (κ3) is 2.37. The zero-order chi connectivity index (χ0) is 10.5. The van der Waals surface area contributed by atoms with Crippen molar-refractivity contribution in [2.45, 2.75) is 6.42 Å². The van der Waals surface area contributed by atoms with Gasteiger partial charge in [0.05, 0.1) is 6.26 Å². The Balaban J connectivity index is 2.02. The Morgan fingerprint density at radius 2 is 2.13 bits per heavy atom. The van der Waals surface area contributed by atoms with Crippen LogP contribution < -0.4 is 10.6 Å². The first kappa shape index (κ1) is 10.2. The molecule has 0 saturated heterocycles. The number of rotatable bonds is 5. The SMILES string of the molecule is CNCNCCc1coc2ccccc12. The predicted octanol–water partition coefficient (Wildman–Crippen LogP) is 1.74. The molecule has 0 aliphatic heterocycles. The van der Waals surface area contributed by atoms with Gasteiger partial charge < -0.3 is 15.1 Å². The molecule has 2 N–H and O–H groups in total. The lowest BCUT2D eigenvalue weighted by molar-refractivity contribution is 0.600. The fourth-order valence-electron chi connectivity index (χ4n) is 1.66. The van der Waals surface area contributed by atoms with Crippen LogP contribution in [0.3, 0.4) is 0 Å². The number of benzene rings is 1. The van der Waals surface area contributed by atoms with Crippen molar-refractivity contribution in [3.8, 4) is 0 Å². The van der Waals surface area contributed by atoms with Crippen LogP contribution in [0.15, 0.2) is 34.9 Å². The third-order valence-corrected chi connectivity index (χ3v) is 2.43. The molecule has 2 rings (SSSR count). The second-order valence-corrected chi connectivity index (χ2v) is 3.54. The van der Waals surface area contributed by atoms with Crippen molar-refractivity contribution >= 4 is 11.0 Å². The van der Waals surface area contributed by atoms with Crippen LogP contribution in [0.5, 0.6) is 0 Å². The highest BCUT2D eigenvalue weighted by atomic mass is 16.3. The van der Waals surface area contributed by atoms with Gasteiger partial charge in [0.25, 0.3) is 0 Å². The summed E-state index contributed by atoms with van der Waals surface area (Å²) >= 11 is 0. The molecule has 0 aliphatic rings. The van der Waals surface area contributed by atoms with E-state index in [2.05, 4.69) is 16.7 Å². The van der Waals surface area contributed by atoms with Gasteiger partial charge >= 0.3 is 0 Å². The minimum Gasteiger partial charge on any atom is -0.464 e. The Kier molecular flexibility index (Phi) is 3.37. The first-order valence-corrected chi connectivity index (χ1v) is 5.22. The van der Waals surface area contributed by atoms with Gasteiger partial charge in [0.1, 0.15) is 5.58 Å². The molecule has 1 aromatic heterocycles. The first-order valence-electron chi connectivity index (χ1n) is 5.22. The van der Waals surface area contributed by atoms with Gasteiger partial charge in [-0.05, 0) is 25.1 Å². The summed E-state index contributed by atoms with van der Waals surface area (Å²) in [7, 11) is 1.93. The topological polar surface area (TPSA) is 37.2 Å².